The monoisotopic (exact) mass is 278 g/mol. The molecule has 1 aliphatic heterocycles. The summed E-state index contributed by atoms with van der Waals surface area (Å²) in [6.07, 6.45) is 6.61. The Labute approximate surface area is 123 Å². The zero-order chi connectivity index (χ0) is 14.5. The zero-order valence-corrected chi connectivity index (χ0v) is 13.5. The van der Waals surface area contributed by atoms with E-state index < -0.39 is 0 Å². The molecule has 0 aliphatic carbocycles. The molecule has 0 amide bonds. The van der Waals surface area contributed by atoms with Gasteiger partial charge in [-0.25, -0.2) is 4.98 Å². The lowest BCUT2D eigenvalue weighted by Gasteiger charge is -2.33. The van der Waals surface area contributed by atoms with Crippen molar-refractivity contribution in [2.75, 3.05) is 19.6 Å². The molecule has 2 rings (SSSR count). The van der Waals surface area contributed by atoms with Gasteiger partial charge in [-0.05, 0) is 59.5 Å². The predicted octanol–water partition coefficient (Wildman–Crippen LogP) is 2.67. The number of hydrogen-bond donors (Lipinski definition) is 1. The van der Waals surface area contributed by atoms with Gasteiger partial charge in [0.2, 0.25) is 0 Å². The summed E-state index contributed by atoms with van der Waals surface area (Å²) in [5.41, 5.74) is 1.34. The van der Waals surface area contributed by atoms with Crippen molar-refractivity contribution >= 4 is 0 Å². The fraction of sp³-hybridized carbons (Fsp3) is 0.812. The van der Waals surface area contributed by atoms with E-state index in [1.54, 1.807) is 0 Å². The van der Waals surface area contributed by atoms with Gasteiger partial charge in [0.25, 0.3) is 0 Å². The first-order valence-electron chi connectivity index (χ1n) is 8.03. The smallest absolute Gasteiger partial charge is 0.0951 e. The van der Waals surface area contributed by atoms with Crippen LogP contribution in [-0.2, 0) is 6.54 Å². The van der Waals surface area contributed by atoms with Gasteiger partial charge in [0.05, 0.1) is 12.0 Å². The van der Waals surface area contributed by atoms with Gasteiger partial charge in [-0.15, -0.1) is 0 Å². The summed E-state index contributed by atoms with van der Waals surface area (Å²) in [4.78, 5) is 6.93. The van der Waals surface area contributed by atoms with Crippen LogP contribution < -0.4 is 5.32 Å². The maximum atomic E-state index is 4.33. The highest BCUT2D eigenvalue weighted by molar-refractivity contribution is 5.00. The number of nitrogens with one attached hydrogen (secondary N) is 1. The van der Waals surface area contributed by atoms with Crippen LogP contribution >= 0.6 is 0 Å². The number of imidazole rings is 1. The van der Waals surface area contributed by atoms with Gasteiger partial charge in [0.1, 0.15) is 0 Å². The van der Waals surface area contributed by atoms with Crippen molar-refractivity contribution in [3.8, 4) is 0 Å². The number of rotatable bonds is 6. The standard InChI is InChI=1S/C16H30N4/c1-13(2)19(10-15-5-7-17-8-6-15)11-16-9-18-12-20(16)14(3)4/h9,12-15,17H,5-8,10-11H2,1-4H3. The van der Waals surface area contributed by atoms with Crippen LogP contribution in [0.25, 0.3) is 0 Å². The second kappa shape index (κ2) is 7.23. The van der Waals surface area contributed by atoms with Gasteiger partial charge >= 0.3 is 0 Å². The largest absolute Gasteiger partial charge is 0.331 e. The summed E-state index contributed by atoms with van der Waals surface area (Å²) < 4.78 is 2.29. The van der Waals surface area contributed by atoms with Crippen molar-refractivity contribution < 1.29 is 0 Å². The first-order valence-corrected chi connectivity index (χ1v) is 8.03. The SMILES string of the molecule is CC(C)N(Cc1cncn1C(C)C)CC1CCNCC1. The Morgan fingerprint density at radius 2 is 2.00 bits per heavy atom. The first-order chi connectivity index (χ1) is 9.58. The quantitative estimate of drug-likeness (QED) is 0.868. The Bertz CT molecular complexity index is 391. The van der Waals surface area contributed by atoms with Crippen LogP contribution in [0.3, 0.4) is 0 Å². The van der Waals surface area contributed by atoms with Gasteiger partial charge < -0.3 is 9.88 Å². The van der Waals surface area contributed by atoms with Crippen LogP contribution in [0.1, 0.15) is 52.3 Å². The van der Waals surface area contributed by atoms with Crippen molar-refractivity contribution in [1.82, 2.24) is 19.8 Å². The van der Waals surface area contributed by atoms with E-state index in [1.165, 1.54) is 38.2 Å². The third kappa shape index (κ3) is 4.06. The lowest BCUT2D eigenvalue weighted by molar-refractivity contribution is 0.158. The molecule has 1 aromatic rings. The van der Waals surface area contributed by atoms with E-state index in [0.717, 1.165) is 12.5 Å². The lowest BCUT2D eigenvalue weighted by Crippen LogP contribution is -2.39. The summed E-state index contributed by atoms with van der Waals surface area (Å²) >= 11 is 0. The van der Waals surface area contributed by atoms with Gasteiger partial charge in [-0.1, -0.05) is 0 Å². The summed E-state index contributed by atoms with van der Waals surface area (Å²) in [5, 5.41) is 3.45. The van der Waals surface area contributed by atoms with Crippen molar-refractivity contribution in [2.45, 2.75) is 59.2 Å². The van der Waals surface area contributed by atoms with Crippen molar-refractivity contribution in [2.24, 2.45) is 5.92 Å². The van der Waals surface area contributed by atoms with Crippen LogP contribution in [0.2, 0.25) is 0 Å². The van der Waals surface area contributed by atoms with Crippen LogP contribution in [0.15, 0.2) is 12.5 Å². The molecule has 0 bridgehead atoms. The topological polar surface area (TPSA) is 33.1 Å². The minimum Gasteiger partial charge on any atom is -0.331 e. The Kier molecular flexibility index (Phi) is 5.61. The molecule has 0 spiro atoms. The molecule has 2 heterocycles. The zero-order valence-electron chi connectivity index (χ0n) is 13.5. The maximum absolute atomic E-state index is 4.33. The van der Waals surface area contributed by atoms with Crippen LogP contribution in [0, 0.1) is 5.92 Å². The molecule has 1 saturated heterocycles. The third-order valence-electron chi connectivity index (χ3n) is 4.35. The van der Waals surface area contributed by atoms with Gasteiger partial charge in [-0.3, -0.25) is 4.90 Å². The maximum Gasteiger partial charge on any atom is 0.0951 e. The molecule has 1 N–H and O–H groups in total. The molecule has 20 heavy (non-hydrogen) atoms. The van der Waals surface area contributed by atoms with Crippen molar-refractivity contribution in [1.29, 1.82) is 0 Å². The molecule has 0 saturated carbocycles. The van der Waals surface area contributed by atoms with E-state index >= 15 is 0 Å². The minimum atomic E-state index is 0.486. The Hall–Kier alpha value is -0.870. The molecule has 4 heteroatoms. The Morgan fingerprint density at radius 3 is 2.60 bits per heavy atom. The van der Waals surface area contributed by atoms with Gasteiger partial charge in [-0.2, -0.15) is 0 Å². The fourth-order valence-electron chi connectivity index (χ4n) is 2.98. The second-order valence-corrected chi connectivity index (χ2v) is 6.60. The summed E-state index contributed by atoms with van der Waals surface area (Å²) in [5.74, 6) is 0.842. The van der Waals surface area contributed by atoms with Crippen LogP contribution in [0.5, 0.6) is 0 Å². The number of hydrogen-bond acceptors (Lipinski definition) is 3. The molecule has 1 aromatic heterocycles. The van der Waals surface area contributed by atoms with Crippen LogP contribution in [-0.4, -0.2) is 40.1 Å². The second-order valence-electron chi connectivity index (χ2n) is 6.60. The van der Waals surface area contributed by atoms with E-state index in [9.17, 15) is 0 Å². The highest BCUT2D eigenvalue weighted by Gasteiger charge is 2.20. The minimum absolute atomic E-state index is 0.486. The van der Waals surface area contributed by atoms with E-state index in [-0.39, 0.29) is 0 Å². The number of aromatic nitrogens is 2. The lowest BCUT2D eigenvalue weighted by atomic mass is 9.97. The predicted molar refractivity (Wildman–Crippen MR) is 83.8 cm³/mol. The number of piperidine rings is 1. The molecule has 0 unspecified atom stereocenters. The molecule has 0 aromatic carbocycles. The fourth-order valence-corrected chi connectivity index (χ4v) is 2.98. The third-order valence-corrected chi connectivity index (χ3v) is 4.35. The van der Waals surface area contributed by atoms with Crippen LogP contribution in [0.4, 0.5) is 0 Å². The molecule has 4 nitrogen and oxygen atoms in total. The van der Waals surface area contributed by atoms with E-state index in [1.807, 2.05) is 12.5 Å². The van der Waals surface area contributed by atoms with E-state index in [4.69, 9.17) is 0 Å². The average Bonchev–Trinajstić information content (AvgIpc) is 2.87. The highest BCUT2D eigenvalue weighted by atomic mass is 15.2. The molecule has 1 aliphatic rings. The normalized spacial score (nSPS) is 17.6. The first kappa shape index (κ1) is 15.5. The summed E-state index contributed by atoms with van der Waals surface area (Å²) in [6, 6.07) is 1.07. The molecular weight excluding hydrogens is 248 g/mol. The Morgan fingerprint density at radius 1 is 1.30 bits per heavy atom. The summed E-state index contributed by atoms with van der Waals surface area (Å²) in [7, 11) is 0. The average molecular weight is 278 g/mol. The van der Waals surface area contributed by atoms with Crippen molar-refractivity contribution in [3.05, 3.63) is 18.2 Å². The van der Waals surface area contributed by atoms with Gasteiger partial charge in [0.15, 0.2) is 0 Å². The molecule has 1 fully saturated rings. The molecule has 0 radical (unpaired) electrons. The molecule has 114 valence electrons. The number of nitrogens with zero attached hydrogens (tertiary/aromatic N) is 3. The van der Waals surface area contributed by atoms with Crippen molar-refractivity contribution in [3.63, 3.8) is 0 Å². The van der Waals surface area contributed by atoms with E-state index in [0.29, 0.717) is 12.1 Å². The Balaban J connectivity index is 1.99. The highest BCUT2D eigenvalue weighted by Crippen LogP contribution is 2.18. The summed E-state index contributed by atoms with van der Waals surface area (Å²) in [6.45, 7) is 13.6. The van der Waals surface area contributed by atoms with E-state index in [2.05, 4.69) is 47.5 Å². The molecule has 0 atom stereocenters. The molecular formula is C16H30N4. The van der Waals surface area contributed by atoms with Gasteiger partial charge in [0, 0.05) is 31.4 Å².